The fourth-order valence-corrected chi connectivity index (χ4v) is 5.89. The van der Waals surface area contributed by atoms with Crippen molar-refractivity contribution in [2.24, 2.45) is 5.92 Å². The van der Waals surface area contributed by atoms with Crippen molar-refractivity contribution in [1.29, 1.82) is 0 Å². The third-order valence-electron chi connectivity index (χ3n) is 7.86. The number of halogens is 1. The van der Waals surface area contributed by atoms with Gasteiger partial charge in [-0.2, -0.15) is 0 Å². The van der Waals surface area contributed by atoms with E-state index in [2.05, 4.69) is 15.3 Å². The van der Waals surface area contributed by atoms with Gasteiger partial charge < -0.3 is 24.8 Å². The van der Waals surface area contributed by atoms with Gasteiger partial charge in [0.1, 0.15) is 18.1 Å². The summed E-state index contributed by atoms with van der Waals surface area (Å²) in [7, 11) is 1.57. The number of nitrogens with one attached hydrogen (secondary N) is 1. The van der Waals surface area contributed by atoms with Crippen molar-refractivity contribution in [2.45, 2.75) is 44.4 Å². The molecule has 11 heteroatoms. The van der Waals surface area contributed by atoms with E-state index in [4.69, 9.17) is 26.1 Å². The Labute approximate surface area is 236 Å². The van der Waals surface area contributed by atoms with Gasteiger partial charge >= 0.3 is 0 Å². The summed E-state index contributed by atoms with van der Waals surface area (Å²) >= 11 is 6.46. The fraction of sp³-hybridized carbons (Fsp3) is 0.414. The van der Waals surface area contributed by atoms with Crippen LogP contribution >= 0.6 is 11.6 Å². The Bertz CT molecular complexity index is 1460. The van der Waals surface area contributed by atoms with Gasteiger partial charge in [-0.15, -0.1) is 0 Å². The van der Waals surface area contributed by atoms with E-state index in [1.54, 1.807) is 25.6 Å². The molecule has 6 rings (SSSR count). The van der Waals surface area contributed by atoms with Gasteiger partial charge in [-0.3, -0.25) is 14.6 Å². The molecular weight excluding hydrogens is 534 g/mol. The predicted octanol–water partition coefficient (Wildman–Crippen LogP) is 2.90. The molecule has 1 aromatic carbocycles. The Morgan fingerprint density at radius 2 is 2.05 bits per heavy atom. The SMILES string of the molecule is COc1ccc2c(c1)[C@H](NC(=O)CN1Cc3ncc(-c4nc(CC5CCOCC5)ncc4Cl)cc3C1=O)[C@H](O)C2. The van der Waals surface area contributed by atoms with E-state index in [9.17, 15) is 14.7 Å². The van der Waals surface area contributed by atoms with Crippen molar-refractivity contribution in [2.75, 3.05) is 26.9 Å². The molecule has 0 bridgehead atoms. The fourth-order valence-electron chi connectivity index (χ4n) is 5.69. The Balaban J connectivity index is 1.15. The minimum atomic E-state index is -0.754. The smallest absolute Gasteiger partial charge is 0.256 e. The van der Waals surface area contributed by atoms with Crippen LogP contribution in [0.25, 0.3) is 11.3 Å². The Hall–Kier alpha value is -3.60. The summed E-state index contributed by atoms with van der Waals surface area (Å²) in [5.74, 6) is 1.16. The summed E-state index contributed by atoms with van der Waals surface area (Å²) in [5.41, 5.74) is 3.94. The van der Waals surface area contributed by atoms with E-state index < -0.39 is 12.1 Å². The second-order valence-electron chi connectivity index (χ2n) is 10.5. The Morgan fingerprint density at radius 1 is 1.23 bits per heavy atom. The molecule has 0 unspecified atom stereocenters. The number of ether oxygens (including phenoxy) is 2. The normalized spacial score (nSPS) is 20.4. The minimum absolute atomic E-state index is 0.156. The molecule has 0 radical (unpaired) electrons. The van der Waals surface area contributed by atoms with Crippen molar-refractivity contribution in [3.8, 4) is 17.0 Å². The number of aromatic nitrogens is 3. The molecule has 3 aliphatic rings. The summed E-state index contributed by atoms with van der Waals surface area (Å²) in [5, 5.41) is 13.9. The molecule has 1 fully saturated rings. The molecule has 3 aromatic rings. The number of aliphatic hydroxyl groups is 1. The molecule has 208 valence electrons. The highest BCUT2D eigenvalue weighted by molar-refractivity contribution is 6.32. The lowest BCUT2D eigenvalue weighted by atomic mass is 9.96. The molecule has 2 aromatic heterocycles. The van der Waals surface area contributed by atoms with Crippen LogP contribution in [0.4, 0.5) is 0 Å². The number of aliphatic hydroxyl groups excluding tert-OH is 1. The lowest BCUT2D eigenvalue weighted by Gasteiger charge is -2.21. The summed E-state index contributed by atoms with van der Waals surface area (Å²) in [6.45, 7) is 1.56. The van der Waals surface area contributed by atoms with E-state index >= 15 is 0 Å². The molecule has 2 amide bonds. The molecule has 4 heterocycles. The summed E-state index contributed by atoms with van der Waals surface area (Å²) in [6.07, 6.45) is 5.61. The summed E-state index contributed by atoms with van der Waals surface area (Å²) in [4.78, 5) is 41.3. The van der Waals surface area contributed by atoms with Crippen LogP contribution < -0.4 is 10.1 Å². The maximum atomic E-state index is 13.3. The number of rotatable bonds is 7. The zero-order valence-electron chi connectivity index (χ0n) is 22.1. The van der Waals surface area contributed by atoms with Gasteiger partial charge in [0.25, 0.3) is 5.91 Å². The predicted molar refractivity (Wildman–Crippen MR) is 146 cm³/mol. The first-order valence-corrected chi connectivity index (χ1v) is 13.8. The van der Waals surface area contributed by atoms with Gasteiger partial charge in [-0.05, 0) is 48.1 Å². The molecule has 2 atom stereocenters. The van der Waals surface area contributed by atoms with Crippen LogP contribution in [0.3, 0.4) is 0 Å². The molecule has 10 nitrogen and oxygen atoms in total. The van der Waals surface area contributed by atoms with Crippen LogP contribution in [-0.2, 0) is 28.9 Å². The third kappa shape index (κ3) is 5.26. The van der Waals surface area contributed by atoms with Crippen LogP contribution in [0.15, 0.2) is 36.7 Å². The largest absolute Gasteiger partial charge is 0.497 e. The second-order valence-corrected chi connectivity index (χ2v) is 10.9. The molecule has 2 N–H and O–H groups in total. The standard InChI is InChI=1S/C29H30ClN5O5/c1-39-19-3-2-17-10-24(36)28(20(17)11-19)34-26(37)15-35-14-23-21(29(35)38)9-18(12-31-23)27-22(30)13-32-25(33-27)8-16-4-6-40-7-5-16/h2-3,9,11-13,16,24,28,36H,4-8,10,14-15H2,1H3,(H,34,37)/t24-,28+/m1/s1. The molecule has 0 saturated carbocycles. The molecule has 2 aliphatic heterocycles. The van der Waals surface area contributed by atoms with Gasteiger partial charge in [0.15, 0.2) is 0 Å². The van der Waals surface area contributed by atoms with Gasteiger partial charge in [0.2, 0.25) is 5.91 Å². The maximum Gasteiger partial charge on any atom is 0.256 e. The van der Waals surface area contributed by atoms with Crippen LogP contribution in [-0.4, -0.2) is 69.7 Å². The van der Waals surface area contributed by atoms with Gasteiger partial charge in [-0.25, -0.2) is 9.97 Å². The quantitative estimate of drug-likeness (QED) is 0.449. The number of benzene rings is 1. The number of hydrogen-bond donors (Lipinski definition) is 2. The zero-order chi connectivity index (χ0) is 27.8. The average molecular weight is 564 g/mol. The molecule has 1 saturated heterocycles. The molecular formula is C29H30ClN5O5. The van der Waals surface area contributed by atoms with E-state index in [-0.39, 0.29) is 24.9 Å². The second kappa shape index (κ2) is 11.1. The number of methoxy groups -OCH3 is 1. The highest BCUT2D eigenvalue weighted by Crippen LogP contribution is 2.34. The number of nitrogens with zero attached hydrogens (tertiary/aromatic N) is 4. The van der Waals surface area contributed by atoms with Gasteiger partial charge in [-0.1, -0.05) is 17.7 Å². The van der Waals surface area contributed by atoms with Crippen LogP contribution in [0.5, 0.6) is 5.75 Å². The highest BCUT2D eigenvalue weighted by atomic mass is 35.5. The topological polar surface area (TPSA) is 127 Å². The van der Waals surface area contributed by atoms with Crippen molar-refractivity contribution in [1.82, 2.24) is 25.2 Å². The zero-order valence-corrected chi connectivity index (χ0v) is 22.9. The number of carbonyl (C=O) groups excluding carboxylic acids is 2. The number of fused-ring (bicyclic) bond motifs is 2. The minimum Gasteiger partial charge on any atom is -0.497 e. The first-order chi connectivity index (χ1) is 19.4. The number of carbonyl (C=O) groups is 2. The summed E-state index contributed by atoms with van der Waals surface area (Å²) < 4.78 is 10.7. The Morgan fingerprint density at radius 3 is 2.85 bits per heavy atom. The van der Waals surface area contributed by atoms with Crippen molar-refractivity contribution < 1.29 is 24.2 Å². The highest BCUT2D eigenvalue weighted by Gasteiger charge is 2.35. The molecule has 40 heavy (non-hydrogen) atoms. The van der Waals surface area contributed by atoms with E-state index in [1.807, 2.05) is 18.2 Å². The lowest BCUT2D eigenvalue weighted by Crippen LogP contribution is -2.41. The average Bonchev–Trinajstić information content (AvgIpc) is 3.44. The van der Waals surface area contributed by atoms with Crippen LogP contribution in [0, 0.1) is 5.92 Å². The number of amides is 2. The number of hydrogen-bond acceptors (Lipinski definition) is 8. The van der Waals surface area contributed by atoms with E-state index in [1.165, 1.54) is 4.90 Å². The van der Waals surface area contributed by atoms with Crippen LogP contribution in [0.1, 0.15) is 51.9 Å². The lowest BCUT2D eigenvalue weighted by molar-refractivity contribution is -0.123. The van der Waals surface area contributed by atoms with Crippen molar-refractivity contribution >= 4 is 23.4 Å². The maximum absolute atomic E-state index is 13.3. The first-order valence-electron chi connectivity index (χ1n) is 13.4. The molecule has 1 aliphatic carbocycles. The van der Waals surface area contributed by atoms with Gasteiger partial charge in [0, 0.05) is 44.0 Å². The third-order valence-corrected chi connectivity index (χ3v) is 8.14. The number of pyridine rings is 1. The Kier molecular flexibility index (Phi) is 7.39. The van der Waals surface area contributed by atoms with Crippen molar-refractivity contribution in [3.05, 3.63) is 69.9 Å². The van der Waals surface area contributed by atoms with Gasteiger partial charge in [0.05, 0.1) is 47.8 Å². The van der Waals surface area contributed by atoms with E-state index in [0.717, 1.165) is 43.6 Å². The summed E-state index contributed by atoms with van der Waals surface area (Å²) in [6, 6.07) is 6.71. The van der Waals surface area contributed by atoms with E-state index in [0.29, 0.717) is 51.5 Å². The molecule has 0 spiro atoms. The van der Waals surface area contributed by atoms with Crippen molar-refractivity contribution in [3.63, 3.8) is 0 Å². The first kappa shape index (κ1) is 26.6. The van der Waals surface area contributed by atoms with Crippen LogP contribution in [0.2, 0.25) is 5.02 Å². The monoisotopic (exact) mass is 563 g/mol.